The van der Waals surface area contributed by atoms with Gasteiger partial charge in [0.05, 0.1) is 22.1 Å². The highest BCUT2D eigenvalue weighted by molar-refractivity contribution is 7.92. The summed E-state index contributed by atoms with van der Waals surface area (Å²) < 4.78 is 25.0. The molecule has 0 heterocycles. The zero-order valence-corrected chi connectivity index (χ0v) is 11.3. The van der Waals surface area contributed by atoms with E-state index < -0.39 is 15.1 Å². The monoisotopic (exact) mass is 263 g/mol. The van der Waals surface area contributed by atoms with Crippen molar-refractivity contribution in [2.75, 3.05) is 0 Å². The maximum Gasteiger partial charge on any atom is 0.182 e. The molecule has 1 fully saturated rings. The van der Waals surface area contributed by atoms with E-state index in [1.807, 2.05) is 6.92 Å². The first-order chi connectivity index (χ1) is 8.55. The van der Waals surface area contributed by atoms with Gasteiger partial charge in [0.2, 0.25) is 0 Å². The third-order valence-corrected chi connectivity index (χ3v) is 5.91. The van der Waals surface area contributed by atoms with E-state index in [1.165, 1.54) is 0 Å². The fourth-order valence-corrected chi connectivity index (χ4v) is 4.49. The molecule has 0 N–H and O–H groups in total. The lowest BCUT2D eigenvalue weighted by molar-refractivity contribution is 0.418. The Balaban J connectivity index is 2.35. The predicted molar refractivity (Wildman–Crippen MR) is 69.7 cm³/mol. The second-order valence-electron chi connectivity index (χ2n) is 4.92. The number of rotatable bonds is 2. The third-order valence-electron chi connectivity index (χ3n) is 3.62. The predicted octanol–water partition coefficient (Wildman–Crippen LogP) is 2.85. The SMILES string of the molecule is Cc1ccc(S(=O)(=O)C2CCCCC2C#N)cc1. The van der Waals surface area contributed by atoms with E-state index in [2.05, 4.69) is 6.07 Å². The number of hydrogen-bond acceptors (Lipinski definition) is 3. The summed E-state index contributed by atoms with van der Waals surface area (Å²) in [6.45, 7) is 1.93. The average Bonchev–Trinajstić information content (AvgIpc) is 2.39. The van der Waals surface area contributed by atoms with Crippen LogP contribution in [-0.4, -0.2) is 13.7 Å². The summed E-state index contributed by atoms with van der Waals surface area (Å²) in [4.78, 5) is 0.347. The Morgan fingerprint density at radius 3 is 2.39 bits per heavy atom. The summed E-state index contributed by atoms with van der Waals surface area (Å²) in [7, 11) is -3.36. The molecule has 3 nitrogen and oxygen atoms in total. The number of benzene rings is 1. The van der Waals surface area contributed by atoms with Crippen LogP contribution < -0.4 is 0 Å². The quantitative estimate of drug-likeness (QED) is 0.824. The van der Waals surface area contributed by atoms with Gasteiger partial charge in [-0.3, -0.25) is 0 Å². The minimum absolute atomic E-state index is 0.347. The minimum Gasteiger partial charge on any atom is -0.223 e. The lowest BCUT2D eigenvalue weighted by Gasteiger charge is -2.26. The molecule has 0 radical (unpaired) electrons. The van der Waals surface area contributed by atoms with E-state index >= 15 is 0 Å². The highest BCUT2D eigenvalue weighted by Crippen LogP contribution is 2.32. The van der Waals surface area contributed by atoms with Crippen LogP contribution in [0.1, 0.15) is 31.2 Å². The molecule has 96 valence electrons. The highest BCUT2D eigenvalue weighted by Gasteiger charge is 2.36. The number of nitrogens with zero attached hydrogens (tertiary/aromatic N) is 1. The number of nitriles is 1. The van der Waals surface area contributed by atoms with Crippen molar-refractivity contribution in [2.45, 2.75) is 42.8 Å². The summed E-state index contributed by atoms with van der Waals surface area (Å²) >= 11 is 0. The van der Waals surface area contributed by atoms with Gasteiger partial charge in [-0.2, -0.15) is 5.26 Å². The summed E-state index contributed by atoms with van der Waals surface area (Å²) in [6, 6.07) is 9.06. The van der Waals surface area contributed by atoms with Gasteiger partial charge < -0.3 is 0 Å². The standard InChI is InChI=1S/C14H17NO2S/c1-11-6-8-13(9-7-11)18(16,17)14-5-3-2-4-12(14)10-15/h6-9,12,14H,2-5H2,1H3. The van der Waals surface area contributed by atoms with Crippen molar-refractivity contribution in [3.8, 4) is 6.07 Å². The van der Waals surface area contributed by atoms with E-state index in [0.29, 0.717) is 17.7 Å². The molecule has 0 saturated heterocycles. The number of aryl methyl sites for hydroxylation is 1. The topological polar surface area (TPSA) is 57.9 Å². The van der Waals surface area contributed by atoms with Crippen LogP contribution in [-0.2, 0) is 9.84 Å². The molecule has 1 aromatic carbocycles. The Hall–Kier alpha value is -1.34. The zero-order chi connectivity index (χ0) is 13.2. The van der Waals surface area contributed by atoms with Gasteiger partial charge in [-0.1, -0.05) is 30.5 Å². The lowest BCUT2D eigenvalue weighted by atomic mass is 9.90. The Morgan fingerprint density at radius 1 is 1.17 bits per heavy atom. The number of hydrogen-bond donors (Lipinski definition) is 0. The van der Waals surface area contributed by atoms with E-state index in [-0.39, 0.29) is 5.92 Å². The molecule has 0 aliphatic heterocycles. The molecule has 1 saturated carbocycles. The smallest absolute Gasteiger partial charge is 0.182 e. The fourth-order valence-electron chi connectivity index (χ4n) is 2.52. The van der Waals surface area contributed by atoms with E-state index in [9.17, 15) is 8.42 Å². The Bertz CT molecular complexity index is 554. The average molecular weight is 263 g/mol. The maximum atomic E-state index is 12.5. The van der Waals surface area contributed by atoms with Gasteiger partial charge in [0.15, 0.2) is 9.84 Å². The van der Waals surface area contributed by atoms with Crippen molar-refractivity contribution in [3.05, 3.63) is 29.8 Å². The van der Waals surface area contributed by atoms with Crippen LogP contribution in [0.3, 0.4) is 0 Å². The van der Waals surface area contributed by atoms with Gasteiger partial charge in [-0.15, -0.1) is 0 Å². The van der Waals surface area contributed by atoms with Gasteiger partial charge in [0, 0.05) is 0 Å². The Kier molecular flexibility index (Phi) is 3.72. The maximum absolute atomic E-state index is 12.5. The molecule has 0 bridgehead atoms. The van der Waals surface area contributed by atoms with E-state index in [0.717, 1.165) is 18.4 Å². The molecule has 18 heavy (non-hydrogen) atoms. The van der Waals surface area contributed by atoms with Crippen molar-refractivity contribution >= 4 is 9.84 Å². The van der Waals surface area contributed by atoms with Gasteiger partial charge in [-0.25, -0.2) is 8.42 Å². The van der Waals surface area contributed by atoms with Crippen LogP contribution in [0.2, 0.25) is 0 Å². The molecular formula is C14H17NO2S. The summed E-state index contributed by atoms with van der Waals surface area (Å²) in [5.74, 6) is -0.356. The molecular weight excluding hydrogens is 246 g/mol. The number of sulfone groups is 1. The first kappa shape index (κ1) is 13.1. The summed E-state index contributed by atoms with van der Waals surface area (Å²) in [5, 5.41) is 8.57. The van der Waals surface area contributed by atoms with Crippen LogP contribution in [0.25, 0.3) is 0 Å². The third kappa shape index (κ3) is 2.41. The van der Waals surface area contributed by atoms with Gasteiger partial charge >= 0.3 is 0 Å². The second kappa shape index (κ2) is 5.11. The molecule has 2 rings (SSSR count). The minimum atomic E-state index is -3.36. The van der Waals surface area contributed by atoms with Crippen molar-refractivity contribution in [1.29, 1.82) is 5.26 Å². The normalized spacial score (nSPS) is 24.4. The molecule has 1 aromatic rings. The Labute approximate surface area is 108 Å². The van der Waals surface area contributed by atoms with Crippen molar-refractivity contribution < 1.29 is 8.42 Å². The van der Waals surface area contributed by atoms with Gasteiger partial charge in [0.25, 0.3) is 0 Å². The first-order valence-electron chi connectivity index (χ1n) is 6.26. The summed E-state index contributed by atoms with van der Waals surface area (Å²) in [6.07, 6.45) is 3.16. The van der Waals surface area contributed by atoms with Crippen LogP contribution in [0, 0.1) is 24.2 Å². The van der Waals surface area contributed by atoms with Crippen molar-refractivity contribution in [2.24, 2.45) is 5.92 Å². The fraction of sp³-hybridized carbons (Fsp3) is 0.500. The van der Waals surface area contributed by atoms with Crippen molar-refractivity contribution in [1.82, 2.24) is 0 Å². The van der Waals surface area contributed by atoms with Crippen molar-refractivity contribution in [3.63, 3.8) is 0 Å². The zero-order valence-electron chi connectivity index (χ0n) is 10.5. The molecule has 2 unspecified atom stereocenters. The first-order valence-corrected chi connectivity index (χ1v) is 7.80. The van der Waals surface area contributed by atoms with Crippen LogP contribution in [0.5, 0.6) is 0 Å². The molecule has 0 aromatic heterocycles. The lowest BCUT2D eigenvalue weighted by Crippen LogP contribution is -2.32. The molecule has 0 spiro atoms. The van der Waals surface area contributed by atoms with E-state index in [1.54, 1.807) is 24.3 Å². The largest absolute Gasteiger partial charge is 0.223 e. The Morgan fingerprint density at radius 2 is 1.78 bits per heavy atom. The van der Waals surface area contributed by atoms with Crippen LogP contribution >= 0.6 is 0 Å². The molecule has 4 heteroatoms. The van der Waals surface area contributed by atoms with Gasteiger partial charge in [0.1, 0.15) is 0 Å². The second-order valence-corrected chi connectivity index (χ2v) is 7.08. The summed E-state index contributed by atoms with van der Waals surface area (Å²) in [5.41, 5.74) is 1.04. The highest BCUT2D eigenvalue weighted by atomic mass is 32.2. The van der Waals surface area contributed by atoms with E-state index in [4.69, 9.17) is 5.26 Å². The van der Waals surface area contributed by atoms with Crippen LogP contribution in [0.4, 0.5) is 0 Å². The molecule has 1 aliphatic carbocycles. The van der Waals surface area contributed by atoms with Crippen LogP contribution in [0.15, 0.2) is 29.2 Å². The molecule has 1 aliphatic rings. The molecule has 2 atom stereocenters. The molecule has 0 amide bonds. The van der Waals surface area contributed by atoms with Gasteiger partial charge in [-0.05, 0) is 31.9 Å².